The molecule has 2 rings (SSSR count). The van der Waals surface area contributed by atoms with Crippen molar-refractivity contribution in [3.05, 3.63) is 0 Å². The van der Waals surface area contributed by atoms with Gasteiger partial charge in [-0.25, -0.2) is 0 Å². The SMILES string of the molecule is CCC1C(=O)NC(C)(C2CC2)C(=O)N1CC(C)C(C)(C)C. The second kappa shape index (κ2) is 5.29. The summed E-state index contributed by atoms with van der Waals surface area (Å²) in [5, 5.41) is 3.02. The summed E-state index contributed by atoms with van der Waals surface area (Å²) in [6, 6.07) is -0.311. The second-order valence-electron chi connectivity index (χ2n) is 8.11. The number of piperazine rings is 1. The molecule has 0 radical (unpaired) electrons. The van der Waals surface area contributed by atoms with Crippen molar-refractivity contribution in [1.82, 2.24) is 10.2 Å². The van der Waals surface area contributed by atoms with Crippen LogP contribution in [0.1, 0.15) is 60.8 Å². The van der Waals surface area contributed by atoms with Gasteiger partial charge in [0, 0.05) is 6.54 Å². The summed E-state index contributed by atoms with van der Waals surface area (Å²) in [7, 11) is 0. The van der Waals surface area contributed by atoms with Crippen LogP contribution in [0, 0.1) is 17.3 Å². The maximum atomic E-state index is 13.0. The molecule has 120 valence electrons. The molecule has 2 aliphatic rings. The lowest BCUT2D eigenvalue weighted by Crippen LogP contribution is -2.70. The molecular formula is C17H30N2O2. The number of nitrogens with one attached hydrogen (secondary N) is 1. The topological polar surface area (TPSA) is 49.4 Å². The van der Waals surface area contributed by atoms with Crippen molar-refractivity contribution in [2.45, 2.75) is 72.4 Å². The molecule has 1 saturated carbocycles. The van der Waals surface area contributed by atoms with E-state index in [0.29, 0.717) is 24.8 Å². The van der Waals surface area contributed by atoms with Crippen LogP contribution in [0.25, 0.3) is 0 Å². The van der Waals surface area contributed by atoms with Gasteiger partial charge in [-0.05, 0) is 43.4 Å². The first-order valence-electron chi connectivity index (χ1n) is 8.24. The van der Waals surface area contributed by atoms with E-state index in [4.69, 9.17) is 0 Å². The second-order valence-corrected chi connectivity index (χ2v) is 8.11. The van der Waals surface area contributed by atoms with Crippen molar-refractivity contribution >= 4 is 11.8 Å². The summed E-state index contributed by atoms with van der Waals surface area (Å²) in [4.78, 5) is 27.3. The van der Waals surface area contributed by atoms with E-state index in [1.165, 1.54) is 0 Å². The fourth-order valence-electron chi connectivity index (χ4n) is 3.10. The smallest absolute Gasteiger partial charge is 0.249 e. The summed E-state index contributed by atoms with van der Waals surface area (Å²) in [5.41, 5.74) is -0.553. The number of carbonyl (C=O) groups is 2. The summed E-state index contributed by atoms with van der Waals surface area (Å²) in [6.07, 6.45) is 2.76. The van der Waals surface area contributed by atoms with Crippen LogP contribution >= 0.6 is 0 Å². The van der Waals surface area contributed by atoms with E-state index < -0.39 is 5.54 Å². The Morgan fingerprint density at radius 2 is 1.90 bits per heavy atom. The molecule has 1 saturated heterocycles. The highest BCUT2D eigenvalue weighted by Gasteiger charge is 2.55. The van der Waals surface area contributed by atoms with Gasteiger partial charge >= 0.3 is 0 Å². The van der Waals surface area contributed by atoms with Gasteiger partial charge in [-0.1, -0.05) is 34.6 Å². The lowest BCUT2D eigenvalue weighted by Gasteiger charge is -2.46. The lowest BCUT2D eigenvalue weighted by molar-refractivity contribution is -0.156. The molecule has 4 heteroatoms. The summed E-state index contributed by atoms with van der Waals surface area (Å²) in [6.45, 7) is 13.3. The zero-order valence-electron chi connectivity index (χ0n) is 14.3. The first-order chi connectivity index (χ1) is 9.61. The van der Waals surface area contributed by atoms with Gasteiger partial charge in [0.15, 0.2) is 0 Å². The highest BCUT2D eigenvalue weighted by atomic mass is 16.2. The molecule has 0 aromatic rings. The third kappa shape index (κ3) is 2.95. The molecule has 1 heterocycles. The van der Waals surface area contributed by atoms with E-state index in [1.54, 1.807) is 0 Å². The Kier molecular flexibility index (Phi) is 4.11. The van der Waals surface area contributed by atoms with Gasteiger partial charge in [0.2, 0.25) is 11.8 Å². The maximum absolute atomic E-state index is 13.0. The van der Waals surface area contributed by atoms with Crippen LogP contribution < -0.4 is 5.32 Å². The standard InChI is InChI=1S/C17H30N2O2/c1-7-13-14(20)18-17(6,12-8-9-12)15(21)19(13)10-11(2)16(3,4)5/h11-13H,7-10H2,1-6H3,(H,18,20). The van der Waals surface area contributed by atoms with E-state index in [0.717, 1.165) is 12.8 Å². The molecule has 3 atom stereocenters. The average molecular weight is 294 g/mol. The van der Waals surface area contributed by atoms with Crippen LogP contribution in [0.15, 0.2) is 0 Å². The van der Waals surface area contributed by atoms with Crippen LogP contribution in [0.4, 0.5) is 0 Å². The van der Waals surface area contributed by atoms with Gasteiger partial charge in [-0.15, -0.1) is 0 Å². The highest BCUT2D eigenvalue weighted by molar-refractivity contribution is 6.00. The molecule has 0 spiro atoms. The molecule has 4 nitrogen and oxygen atoms in total. The van der Waals surface area contributed by atoms with Crippen LogP contribution in [0.2, 0.25) is 0 Å². The number of hydrogen-bond donors (Lipinski definition) is 1. The van der Waals surface area contributed by atoms with Crippen LogP contribution in [-0.2, 0) is 9.59 Å². The Hall–Kier alpha value is -1.06. The minimum absolute atomic E-state index is 0.0209. The zero-order chi connectivity index (χ0) is 16.0. The van der Waals surface area contributed by atoms with Gasteiger partial charge in [0.05, 0.1) is 0 Å². The number of nitrogens with zero attached hydrogens (tertiary/aromatic N) is 1. The van der Waals surface area contributed by atoms with E-state index in [2.05, 4.69) is 33.0 Å². The highest BCUT2D eigenvalue weighted by Crippen LogP contribution is 2.43. The van der Waals surface area contributed by atoms with Crippen LogP contribution in [-0.4, -0.2) is 34.8 Å². The van der Waals surface area contributed by atoms with Crippen molar-refractivity contribution in [2.75, 3.05) is 6.54 Å². The van der Waals surface area contributed by atoms with Crippen molar-refractivity contribution in [3.63, 3.8) is 0 Å². The van der Waals surface area contributed by atoms with E-state index in [1.807, 2.05) is 18.7 Å². The minimum atomic E-state index is -0.680. The minimum Gasteiger partial charge on any atom is -0.340 e. The van der Waals surface area contributed by atoms with Crippen LogP contribution in [0.3, 0.4) is 0 Å². The third-order valence-electron chi connectivity index (χ3n) is 5.50. The fraction of sp³-hybridized carbons (Fsp3) is 0.882. The van der Waals surface area contributed by atoms with Crippen LogP contribution in [0.5, 0.6) is 0 Å². The molecule has 0 aromatic carbocycles. The van der Waals surface area contributed by atoms with Crippen molar-refractivity contribution in [1.29, 1.82) is 0 Å². The predicted molar refractivity (Wildman–Crippen MR) is 83.7 cm³/mol. The average Bonchev–Trinajstić information content (AvgIpc) is 3.19. The molecule has 1 aliphatic heterocycles. The van der Waals surface area contributed by atoms with Gasteiger partial charge in [-0.3, -0.25) is 9.59 Å². The monoisotopic (exact) mass is 294 g/mol. The molecule has 2 fully saturated rings. The maximum Gasteiger partial charge on any atom is 0.249 e. The molecule has 1 N–H and O–H groups in total. The normalized spacial score (nSPS) is 32.1. The third-order valence-corrected chi connectivity index (χ3v) is 5.50. The summed E-state index contributed by atoms with van der Waals surface area (Å²) >= 11 is 0. The Balaban J connectivity index is 2.25. The fourth-order valence-corrected chi connectivity index (χ4v) is 3.10. The Labute approximate surface area is 128 Å². The molecule has 0 aromatic heterocycles. The first kappa shape index (κ1) is 16.3. The summed E-state index contributed by atoms with van der Waals surface area (Å²) < 4.78 is 0. The van der Waals surface area contributed by atoms with Crippen molar-refractivity contribution < 1.29 is 9.59 Å². The molecule has 1 aliphatic carbocycles. The molecule has 21 heavy (non-hydrogen) atoms. The molecule has 0 bridgehead atoms. The lowest BCUT2D eigenvalue weighted by atomic mass is 9.80. The van der Waals surface area contributed by atoms with Gasteiger partial charge in [-0.2, -0.15) is 0 Å². The Bertz CT molecular complexity index is 437. The molecule has 3 unspecified atom stereocenters. The summed E-state index contributed by atoms with van der Waals surface area (Å²) in [5.74, 6) is 0.809. The van der Waals surface area contributed by atoms with Crippen molar-refractivity contribution in [2.24, 2.45) is 17.3 Å². The molecular weight excluding hydrogens is 264 g/mol. The zero-order valence-corrected chi connectivity index (χ0v) is 14.3. The largest absolute Gasteiger partial charge is 0.340 e. The Morgan fingerprint density at radius 1 is 1.33 bits per heavy atom. The number of amides is 2. The van der Waals surface area contributed by atoms with Gasteiger partial charge in [0.25, 0.3) is 0 Å². The van der Waals surface area contributed by atoms with Gasteiger partial charge in [0.1, 0.15) is 11.6 Å². The molecule has 2 amide bonds. The Morgan fingerprint density at radius 3 is 2.33 bits per heavy atom. The van der Waals surface area contributed by atoms with E-state index in [-0.39, 0.29) is 23.3 Å². The van der Waals surface area contributed by atoms with Crippen molar-refractivity contribution in [3.8, 4) is 0 Å². The van der Waals surface area contributed by atoms with E-state index in [9.17, 15) is 9.59 Å². The number of hydrogen-bond acceptors (Lipinski definition) is 2. The van der Waals surface area contributed by atoms with Gasteiger partial charge < -0.3 is 10.2 Å². The predicted octanol–water partition coefficient (Wildman–Crippen LogP) is 2.57. The number of carbonyl (C=O) groups excluding carboxylic acids is 2. The number of rotatable bonds is 4. The van der Waals surface area contributed by atoms with E-state index >= 15 is 0 Å². The first-order valence-corrected chi connectivity index (χ1v) is 8.24. The quantitative estimate of drug-likeness (QED) is 0.866.